The average Bonchev–Trinajstić information content (AvgIpc) is 2.89. The number of hydrogen-bond acceptors (Lipinski definition) is 5. The van der Waals surface area contributed by atoms with Crippen molar-refractivity contribution in [1.29, 1.82) is 0 Å². The molecule has 0 unspecified atom stereocenters. The number of rotatable bonds is 7. The number of methoxy groups -OCH3 is 1. The fraction of sp³-hybridized carbons (Fsp3) is 0.0741. The van der Waals surface area contributed by atoms with Crippen molar-refractivity contribution in [3.63, 3.8) is 0 Å². The number of carbonyl (C=O) groups is 2. The zero-order valence-corrected chi connectivity index (χ0v) is 18.8. The summed E-state index contributed by atoms with van der Waals surface area (Å²) in [6.45, 7) is 0.365. The van der Waals surface area contributed by atoms with Crippen molar-refractivity contribution in [1.82, 2.24) is 5.43 Å². The van der Waals surface area contributed by atoms with Gasteiger partial charge in [-0.05, 0) is 64.4 Å². The third kappa shape index (κ3) is 6.00. The summed E-state index contributed by atoms with van der Waals surface area (Å²) in [5.74, 6) is -1.29. The number of anilines is 1. The van der Waals surface area contributed by atoms with E-state index < -0.39 is 17.6 Å². The molecule has 0 aromatic heterocycles. The lowest BCUT2D eigenvalue weighted by atomic mass is 10.1. The highest BCUT2D eigenvalue weighted by Crippen LogP contribution is 2.29. The van der Waals surface area contributed by atoms with E-state index in [0.29, 0.717) is 29.4 Å². The van der Waals surface area contributed by atoms with Crippen LogP contribution in [0.15, 0.2) is 90.0 Å². The molecule has 4 aromatic rings. The summed E-state index contributed by atoms with van der Waals surface area (Å²) >= 11 is 0. The highest BCUT2D eigenvalue weighted by Gasteiger charge is 2.13. The number of carbonyl (C=O) groups excluding carboxylic acids is 2. The minimum absolute atomic E-state index is 0.291. The molecule has 4 aromatic carbocycles. The Morgan fingerprint density at radius 3 is 2.49 bits per heavy atom. The lowest BCUT2D eigenvalue weighted by molar-refractivity contribution is -0.136. The van der Waals surface area contributed by atoms with Crippen LogP contribution < -0.4 is 20.2 Å². The molecule has 7 nitrogen and oxygen atoms in total. The maximum atomic E-state index is 12.9. The van der Waals surface area contributed by atoms with Gasteiger partial charge in [-0.15, -0.1) is 0 Å². The molecule has 2 amide bonds. The van der Waals surface area contributed by atoms with Crippen LogP contribution in [0.3, 0.4) is 0 Å². The molecule has 4 rings (SSSR count). The van der Waals surface area contributed by atoms with Gasteiger partial charge >= 0.3 is 11.8 Å². The number of nitrogens with one attached hydrogen (secondary N) is 2. The van der Waals surface area contributed by atoms with E-state index in [1.165, 1.54) is 37.6 Å². The summed E-state index contributed by atoms with van der Waals surface area (Å²) in [4.78, 5) is 23.9. The topological polar surface area (TPSA) is 89.0 Å². The fourth-order valence-electron chi connectivity index (χ4n) is 3.39. The molecule has 0 aliphatic heterocycles. The van der Waals surface area contributed by atoms with E-state index in [1.54, 1.807) is 18.2 Å². The van der Waals surface area contributed by atoms with E-state index in [9.17, 15) is 14.0 Å². The molecule has 0 aliphatic rings. The molecule has 0 atom stereocenters. The number of benzene rings is 4. The monoisotopic (exact) mass is 471 g/mol. The van der Waals surface area contributed by atoms with Gasteiger partial charge in [-0.1, -0.05) is 42.5 Å². The predicted octanol–water partition coefficient (Wildman–Crippen LogP) is 4.66. The van der Waals surface area contributed by atoms with Crippen LogP contribution in [0.25, 0.3) is 10.8 Å². The first kappa shape index (κ1) is 23.4. The molecule has 0 heterocycles. The molecule has 0 saturated carbocycles. The van der Waals surface area contributed by atoms with Gasteiger partial charge < -0.3 is 14.8 Å². The minimum Gasteiger partial charge on any atom is -0.493 e. The second-order valence-corrected chi connectivity index (χ2v) is 7.50. The Morgan fingerprint density at radius 2 is 1.69 bits per heavy atom. The molecule has 0 bridgehead atoms. The van der Waals surface area contributed by atoms with Crippen LogP contribution in [0.1, 0.15) is 11.1 Å². The molecular formula is C27H22FN3O4. The van der Waals surface area contributed by atoms with E-state index in [0.717, 1.165) is 16.3 Å². The Hall–Kier alpha value is -4.72. The van der Waals surface area contributed by atoms with Crippen LogP contribution in [0.5, 0.6) is 11.5 Å². The number of nitrogens with zero attached hydrogens (tertiary/aromatic N) is 1. The first-order valence-electron chi connectivity index (χ1n) is 10.7. The van der Waals surface area contributed by atoms with Crippen LogP contribution in [-0.2, 0) is 16.2 Å². The van der Waals surface area contributed by atoms with Gasteiger partial charge in [-0.2, -0.15) is 5.10 Å². The molecular weight excluding hydrogens is 449 g/mol. The Labute approximate surface area is 201 Å². The summed E-state index contributed by atoms with van der Waals surface area (Å²) in [5, 5.41) is 8.42. The highest BCUT2D eigenvalue weighted by molar-refractivity contribution is 6.39. The second-order valence-electron chi connectivity index (χ2n) is 7.50. The second kappa shape index (κ2) is 10.9. The van der Waals surface area contributed by atoms with E-state index in [1.807, 2.05) is 24.3 Å². The van der Waals surface area contributed by atoms with Gasteiger partial charge in [0.15, 0.2) is 11.5 Å². The average molecular weight is 471 g/mol. The molecule has 2 N–H and O–H groups in total. The van der Waals surface area contributed by atoms with Gasteiger partial charge in [0, 0.05) is 5.69 Å². The lowest BCUT2D eigenvalue weighted by Gasteiger charge is -2.12. The first-order chi connectivity index (χ1) is 17.0. The zero-order chi connectivity index (χ0) is 24.6. The molecule has 0 saturated heterocycles. The van der Waals surface area contributed by atoms with E-state index in [4.69, 9.17) is 9.47 Å². The molecule has 0 spiro atoms. The highest BCUT2D eigenvalue weighted by atomic mass is 19.1. The standard InChI is InChI=1S/C27H22FN3O4/c1-34-25-15-18(16-29-31-27(33)26(32)30-22-12-10-21(28)11-13-22)9-14-24(25)35-17-20-7-4-6-19-5-2-3-8-23(19)20/h2-16H,17H2,1H3,(H,30,32)(H,31,33)/b29-16+. The largest absolute Gasteiger partial charge is 0.493 e. The van der Waals surface area contributed by atoms with Gasteiger partial charge in [0.25, 0.3) is 0 Å². The summed E-state index contributed by atoms with van der Waals surface area (Å²) in [6.07, 6.45) is 1.38. The van der Waals surface area contributed by atoms with Crippen LogP contribution in [0, 0.1) is 5.82 Å². The number of fused-ring (bicyclic) bond motifs is 1. The van der Waals surface area contributed by atoms with Gasteiger partial charge in [-0.25, -0.2) is 9.82 Å². The third-order valence-corrected chi connectivity index (χ3v) is 5.14. The van der Waals surface area contributed by atoms with E-state index in [2.05, 4.69) is 34.0 Å². The zero-order valence-electron chi connectivity index (χ0n) is 18.8. The van der Waals surface area contributed by atoms with E-state index in [-0.39, 0.29) is 0 Å². The molecule has 0 fully saturated rings. The maximum absolute atomic E-state index is 12.9. The first-order valence-corrected chi connectivity index (χ1v) is 10.7. The van der Waals surface area contributed by atoms with Crippen LogP contribution in [0.4, 0.5) is 10.1 Å². The molecule has 0 aliphatic carbocycles. The van der Waals surface area contributed by atoms with Crippen LogP contribution in [-0.4, -0.2) is 25.1 Å². The summed E-state index contributed by atoms with van der Waals surface area (Å²) in [5.41, 5.74) is 4.12. The molecule has 0 radical (unpaired) electrons. The number of hydrogen-bond donors (Lipinski definition) is 2. The molecule has 35 heavy (non-hydrogen) atoms. The lowest BCUT2D eigenvalue weighted by Crippen LogP contribution is -2.32. The molecule has 176 valence electrons. The summed E-state index contributed by atoms with van der Waals surface area (Å²) in [7, 11) is 1.53. The smallest absolute Gasteiger partial charge is 0.329 e. The summed E-state index contributed by atoms with van der Waals surface area (Å²) in [6, 6.07) is 24.4. The van der Waals surface area contributed by atoms with Crippen LogP contribution in [0.2, 0.25) is 0 Å². The van der Waals surface area contributed by atoms with Crippen molar-refractivity contribution in [2.45, 2.75) is 6.61 Å². The predicted molar refractivity (Wildman–Crippen MR) is 132 cm³/mol. The van der Waals surface area contributed by atoms with Crippen molar-refractivity contribution < 1.29 is 23.5 Å². The SMILES string of the molecule is COc1cc(/C=N/NC(=O)C(=O)Nc2ccc(F)cc2)ccc1OCc1cccc2ccccc12. The quantitative estimate of drug-likeness (QED) is 0.233. The number of amides is 2. The normalized spacial score (nSPS) is 10.8. The van der Waals surface area contributed by atoms with Crippen LogP contribution >= 0.6 is 0 Å². The van der Waals surface area contributed by atoms with Crippen molar-refractivity contribution in [3.05, 3.63) is 102 Å². The number of hydrazone groups is 1. The summed E-state index contributed by atoms with van der Waals surface area (Å²) < 4.78 is 24.4. The van der Waals surface area contributed by atoms with Crippen molar-refractivity contribution >= 4 is 34.5 Å². The fourth-order valence-corrected chi connectivity index (χ4v) is 3.39. The maximum Gasteiger partial charge on any atom is 0.329 e. The number of ether oxygens (including phenoxy) is 2. The number of halogens is 1. The Morgan fingerprint density at radius 1 is 0.914 bits per heavy atom. The Bertz CT molecular complexity index is 1380. The third-order valence-electron chi connectivity index (χ3n) is 5.14. The van der Waals surface area contributed by atoms with Gasteiger partial charge in [0.1, 0.15) is 12.4 Å². The van der Waals surface area contributed by atoms with Crippen molar-refractivity contribution in [3.8, 4) is 11.5 Å². The van der Waals surface area contributed by atoms with Gasteiger partial charge in [0.2, 0.25) is 0 Å². The van der Waals surface area contributed by atoms with Gasteiger partial charge in [0.05, 0.1) is 13.3 Å². The van der Waals surface area contributed by atoms with Gasteiger partial charge in [-0.3, -0.25) is 9.59 Å². The minimum atomic E-state index is -0.965. The van der Waals surface area contributed by atoms with E-state index >= 15 is 0 Å². The molecule has 8 heteroatoms. The Balaban J connectivity index is 1.36. The van der Waals surface area contributed by atoms with Crippen molar-refractivity contribution in [2.24, 2.45) is 5.10 Å². The van der Waals surface area contributed by atoms with Crippen molar-refractivity contribution in [2.75, 3.05) is 12.4 Å². The Kier molecular flexibility index (Phi) is 7.32.